The molecule has 0 aromatic carbocycles. The van der Waals surface area contributed by atoms with E-state index in [1.807, 2.05) is 13.8 Å². The van der Waals surface area contributed by atoms with E-state index in [1.54, 1.807) is 7.05 Å². The quantitative estimate of drug-likeness (QED) is 0.762. The summed E-state index contributed by atoms with van der Waals surface area (Å²) in [5, 5.41) is 3.91. The molecule has 0 atom stereocenters. The second-order valence-corrected chi connectivity index (χ2v) is 6.65. The molecule has 0 N–H and O–H groups in total. The number of nitrogens with zero attached hydrogens (tertiary/aromatic N) is 3. The Bertz CT molecular complexity index is 507. The number of ether oxygens (including phenoxy) is 1. The van der Waals surface area contributed by atoms with Crippen LogP contribution in [-0.4, -0.2) is 47.8 Å². The van der Waals surface area contributed by atoms with E-state index in [-0.39, 0.29) is 4.90 Å². The maximum absolute atomic E-state index is 12.4. The molecule has 0 unspecified atom stereocenters. The van der Waals surface area contributed by atoms with Crippen molar-refractivity contribution in [1.82, 2.24) is 14.1 Å². The molecule has 96 valence electrons. The molecule has 1 saturated heterocycles. The number of aryl methyl sites for hydroxylation is 1. The third-order valence-corrected chi connectivity index (χ3v) is 4.90. The molecule has 0 radical (unpaired) electrons. The van der Waals surface area contributed by atoms with Crippen molar-refractivity contribution in [2.75, 3.05) is 19.8 Å². The SMILES string of the molecule is Cn1cc(S(=O)(=O)N2CCOCC2(C)C)cn1. The first-order valence-electron chi connectivity index (χ1n) is 5.43. The van der Waals surface area contributed by atoms with Gasteiger partial charge in [-0.15, -0.1) is 0 Å². The molecule has 0 amide bonds. The summed E-state index contributed by atoms with van der Waals surface area (Å²) in [6.45, 7) is 4.94. The average molecular weight is 259 g/mol. The van der Waals surface area contributed by atoms with Gasteiger partial charge in [0.05, 0.1) is 24.9 Å². The predicted octanol–water partition coefficient (Wildman–Crippen LogP) is 0.220. The Balaban J connectivity index is 2.38. The fourth-order valence-electron chi connectivity index (χ4n) is 1.95. The number of aromatic nitrogens is 2. The van der Waals surface area contributed by atoms with Gasteiger partial charge in [-0.3, -0.25) is 4.68 Å². The summed E-state index contributed by atoms with van der Waals surface area (Å²) in [4.78, 5) is 0.231. The number of morpholine rings is 1. The van der Waals surface area contributed by atoms with Crippen molar-refractivity contribution < 1.29 is 13.2 Å². The molecule has 0 bridgehead atoms. The molecule has 2 rings (SSSR count). The fraction of sp³-hybridized carbons (Fsp3) is 0.700. The van der Waals surface area contributed by atoms with Crippen LogP contribution in [0.2, 0.25) is 0 Å². The number of sulfonamides is 1. The van der Waals surface area contributed by atoms with Crippen LogP contribution in [0.15, 0.2) is 17.3 Å². The van der Waals surface area contributed by atoms with Crippen LogP contribution in [0.4, 0.5) is 0 Å². The van der Waals surface area contributed by atoms with Gasteiger partial charge in [0.15, 0.2) is 0 Å². The van der Waals surface area contributed by atoms with Gasteiger partial charge in [0.2, 0.25) is 10.0 Å². The molecule has 7 heteroatoms. The van der Waals surface area contributed by atoms with E-state index >= 15 is 0 Å². The second-order valence-electron chi connectivity index (χ2n) is 4.79. The fourth-order valence-corrected chi connectivity index (χ4v) is 3.69. The number of hydrogen-bond donors (Lipinski definition) is 0. The Morgan fingerprint density at radius 2 is 2.18 bits per heavy atom. The molecule has 2 heterocycles. The molecule has 0 spiro atoms. The van der Waals surface area contributed by atoms with Crippen molar-refractivity contribution in [3.63, 3.8) is 0 Å². The third kappa shape index (κ3) is 2.22. The van der Waals surface area contributed by atoms with Gasteiger partial charge < -0.3 is 4.74 Å². The minimum Gasteiger partial charge on any atom is -0.378 e. The summed E-state index contributed by atoms with van der Waals surface area (Å²) in [5.74, 6) is 0. The summed E-state index contributed by atoms with van der Waals surface area (Å²) in [7, 11) is -1.78. The van der Waals surface area contributed by atoms with Crippen LogP contribution in [0.25, 0.3) is 0 Å². The van der Waals surface area contributed by atoms with Crippen LogP contribution in [-0.2, 0) is 21.8 Å². The minimum absolute atomic E-state index is 0.231. The Morgan fingerprint density at radius 1 is 1.47 bits per heavy atom. The normalized spacial score (nSPS) is 21.6. The lowest BCUT2D eigenvalue weighted by Crippen LogP contribution is -2.55. The highest BCUT2D eigenvalue weighted by Gasteiger charge is 2.40. The van der Waals surface area contributed by atoms with Gasteiger partial charge in [0.25, 0.3) is 0 Å². The second kappa shape index (κ2) is 4.08. The van der Waals surface area contributed by atoms with Crippen LogP contribution in [0.3, 0.4) is 0 Å². The standard InChI is InChI=1S/C10H17N3O3S/c1-10(2)8-16-5-4-13(10)17(14,15)9-6-11-12(3)7-9/h6-7H,4-5,8H2,1-3H3. The van der Waals surface area contributed by atoms with Crippen molar-refractivity contribution in [1.29, 1.82) is 0 Å². The first-order valence-corrected chi connectivity index (χ1v) is 6.87. The van der Waals surface area contributed by atoms with E-state index in [1.165, 1.54) is 21.4 Å². The molecule has 1 aliphatic heterocycles. The highest BCUT2D eigenvalue weighted by atomic mass is 32.2. The van der Waals surface area contributed by atoms with Crippen LogP contribution in [0.5, 0.6) is 0 Å². The van der Waals surface area contributed by atoms with Crippen LogP contribution < -0.4 is 0 Å². The van der Waals surface area contributed by atoms with Crippen molar-refractivity contribution in [3.8, 4) is 0 Å². The van der Waals surface area contributed by atoms with E-state index in [9.17, 15) is 8.42 Å². The number of rotatable bonds is 2. The Kier molecular flexibility index (Phi) is 3.01. The maximum Gasteiger partial charge on any atom is 0.246 e. The highest BCUT2D eigenvalue weighted by molar-refractivity contribution is 7.89. The van der Waals surface area contributed by atoms with Crippen LogP contribution in [0, 0.1) is 0 Å². The summed E-state index contributed by atoms with van der Waals surface area (Å²) in [5.41, 5.74) is -0.521. The Hall–Kier alpha value is -0.920. The molecule has 1 aromatic heterocycles. The first kappa shape index (κ1) is 12.5. The minimum atomic E-state index is -3.48. The molecule has 0 aliphatic carbocycles. The van der Waals surface area contributed by atoms with E-state index in [0.717, 1.165) is 0 Å². The van der Waals surface area contributed by atoms with Crippen LogP contribution >= 0.6 is 0 Å². The lowest BCUT2D eigenvalue weighted by atomic mass is 10.1. The molecule has 17 heavy (non-hydrogen) atoms. The summed E-state index contributed by atoms with van der Waals surface area (Å²) in [6.07, 6.45) is 2.89. The lowest BCUT2D eigenvalue weighted by Gasteiger charge is -2.40. The van der Waals surface area contributed by atoms with E-state index in [2.05, 4.69) is 5.10 Å². The van der Waals surface area contributed by atoms with Gasteiger partial charge >= 0.3 is 0 Å². The largest absolute Gasteiger partial charge is 0.378 e. The van der Waals surface area contributed by atoms with E-state index < -0.39 is 15.6 Å². The number of hydrogen-bond acceptors (Lipinski definition) is 4. The average Bonchev–Trinajstić information content (AvgIpc) is 2.64. The van der Waals surface area contributed by atoms with Crippen LogP contribution in [0.1, 0.15) is 13.8 Å². The molecular formula is C10H17N3O3S. The van der Waals surface area contributed by atoms with Crippen molar-refractivity contribution in [2.45, 2.75) is 24.3 Å². The molecule has 1 fully saturated rings. The maximum atomic E-state index is 12.4. The molecular weight excluding hydrogens is 242 g/mol. The van der Waals surface area contributed by atoms with Gasteiger partial charge in [0.1, 0.15) is 4.90 Å². The van der Waals surface area contributed by atoms with Crippen molar-refractivity contribution in [3.05, 3.63) is 12.4 Å². The third-order valence-electron chi connectivity index (χ3n) is 2.84. The van der Waals surface area contributed by atoms with Crippen molar-refractivity contribution in [2.24, 2.45) is 7.05 Å². The molecule has 1 aliphatic rings. The summed E-state index contributed by atoms with van der Waals surface area (Å²) in [6, 6.07) is 0. The van der Waals surface area contributed by atoms with E-state index in [0.29, 0.717) is 19.8 Å². The smallest absolute Gasteiger partial charge is 0.246 e. The Morgan fingerprint density at radius 3 is 2.71 bits per heavy atom. The van der Waals surface area contributed by atoms with Gasteiger partial charge in [-0.2, -0.15) is 9.40 Å². The Labute approximate surface area is 101 Å². The lowest BCUT2D eigenvalue weighted by molar-refractivity contribution is -0.00771. The highest BCUT2D eigenvalue weighted by Crippen LogP contribution is 2.26. The monoisotopic (exact) mass is 259 g/mol. The van der Waals surface area contributed by atoms with Gasteiger partial charge in [-0.1, -0.05) is 0 Å². The van der Waals surface area contributed by atoms with Gasteiger partial charge in [0, 0.05) is 19.8 Å². The zero-order valence-corrected chi connectivity index (χ0v) is 11.1. The zero-order valence-electron chi connectivity index (χ0n) is 10.3. The predicted molar refractivity (Wildman–Crippen MR) is 62.0 cm³/mol. The summed E-state index contributed by atoms with van der Waals surface area (Å²) >= 11 is 0. The van der Waals surface area contributed by atoms with Gasteiger partial charge in [-0.05, 0) is 13.8 Å². The van der Waals surface area contributed by atoms with Crippen molar-refractivity contribution >= 4 is 10.0 Å². The molecule has 0 saturated carbocycles. The topological polar surface area (TPSA) is 64.4 Å². The van der Waals surface area contributed by atoms with Gasteiger partial charge in [-0.25, -0.2) is 8.42 Å². The zero-order chi connectivity index (χ0) is 12.7. The van der Waals surface area contributed by atoms with E-state index in [4.69, 9.17) is 4.74 Å². The first-order chi connectivity index (χ1) is 7.84. The summed E-state index contributed by atoms with van der Waals surface area (Å²) < 4.78 is 33.2. The molecule has 6 nitrogen and oxygen atoms in total. The molecule has 1 aromatic rings.